The number of rotatable bonds is 10. The Kier molecular flexibility index (Phi) is 11.8. The zero-order valence-electron chi connectivity index (χ0n) is 29.2. The first-order valence-electron chi connectivity index (χ1n) is 17.4. The molecule has 8 nitrogen and oxygen atoms in total. The van der Waals surface area contributed by atoms with E-state index in [9.17, 15) is 29.4 Å². The van der Waals surface area contributed by atoms with Crippen molar-refractivity contribution in [2.24, 2.45) is 11.8 Å². The summed E-state index contributed by atoms with van der Waals surface area (Å²) in [5.74, 6) is -5.80. The van der Waals surface area contributed by atoms with Gasteiger partial charge in [-0.1, -0.05) is 80.4 Å². The maximum absolute atomic E-state index is 13.6. The summed E-state index contributed by atoms with van der Waals surface area (Å²) in [5, 5.41) is 22.4. The molecule has 0 spiro atoms. The summed E-state index contributed by atoms with van der Waals surface area (Å²) in [6.45, 7) is 3.59. The molecule has 53 heavy (non-hydrogen) atoms. The molecule has 0 fully saturated rings. The molecule has 10 heteroatoms. The molecule has 2 aliphatic carbocycles. The number of phenols is 2. The van der Waals surface area contributed by atoms with Gasteiger partial charge in [0, 0.05) is 20.8 Å². The summed E-state index contributed by atoms with van der Waals surface area (Å²) in [6, 6.07) is 25.4. The number of halogens is 2. The van der Waals surface area contributed by atoms with Crippen LogP contribution in [0.2, 0.25) is 0 Å². The second-order valence-electron chi connectivity index (χ2n) is 13.2. The quantitative estimate of drug-likeness (QED) is 0.120. The van der Waals surface area contributed by atoms with Crippen molar-refractivity contribution in [1.82, 2.24) is 0 Å². The Hall–Kier alpha value is -4.80. The lowest BCUT2D eigenvalue weighted by molar-refractivity contribution is -0.153. The number of esters is 2. The summed E-state index contributed by atoms with van der Waals surface area (Å²) in [4.78, 5) is 53.5. The van der Waals surface area contributed by atoms with Crippen LogP contribution in [-0.4, -0.2) is 46.9 Å². The first kappa shape index (κ1) is 37.9. The van der Waals surface area contributed by atoms with E-state index in [4.69, 9.17) is 9.47 Å². The van der Waals surface area contributed by atoms with Gasteiger partial charge in [-0.25, -0.2) is 0 Å². The van der Waals surface area contributed by atoms with Crippen LogP contribution in [0.1, 0.15) is 71.9 Å². The molecule has 0 aromatic heterocycles. The highest BCUT2D eigenvalue weighted by atomic mass is 79.9. The third-order valence-electron chi connectivity index (χ3n) is 9.83. The summed E-state index contributed by atoms with van der Waals surface area (Å²) in [7, 11) is 0. The van der Waals surface area contributed by atoms with E-state index in [1.54, 1.807) is 50.2 Å². The van der Waals surface area contributed by atoms with Gasteiger partial charge in [-0.15, -0.1) is 0 Å². The van der Waals surface area contributed by atoms with E-state index in [1.807, 2.05) is 48.5 Å². The predicted molar refractivity (Wildman–Crippen MR) is 208 cm³/mol. The standard InChI is InChI=1S/C43H38Br2O8/c1-3-52-42(50)40-34(20-28(22-38(40)48)26-7-11-30(44)12-8-26)32-18-24(5-15-36(32)46)17-25-6-16-37(47)33(19-25)35-21-29(27-9-13-31(45)14-10-27)23-39(49)41(35)43(51)53-4-2/h5-16,18-19,22-23,34-35,40-41,46-47H,3-4,17,20-21H2,1-2H3. The molecule has 0 radical (unpaired) electrons. The van der Waals surface area contributed by atoms with Crippen molar-refractivity contribution in [2.45, 2.75) is 44.9 Å². The molecular weight excluding hydrogens is 804 g/mol. The van der Waals surface area contributed by atoms with Crippen molar-refractivity contribution in [3.8, 4) is 11.5 Å². The van der Waals surface area contributed by atoms with Crippen LogP contribution in [0.15, 0.2) is 106 Å². The second-order valence-corrected chi connectivity index (χ2v) is 15.0. The Morgan fingerprint density at radius 3 is 1.36 bits per heavy atom. The third-order valence-corrected chi connectivity index (χ3v) is 10.9. The predicted octanol–water partition coefficient (Wildman–Crippen LogP) is 8.85. The largest absolute Gasteiger partial charge is 0.508 e. The summed E-state index contributed by atoms with van der Waals surface area (Å²) in [6.07, 6.45) is 3.97. The molecule has 0 amide bonds. The number of allylic oxidation sites excluding steroid dienone is 4. The average Bonchev–Trinajstić information content (AvgIpc) is 3.13. The molecule has 4 unspecified atom stereocenters. The monoisotopic (exact) mass is 840 g/mol. The summed E-state index contributed by atoms with van der Waals surface area (Å²) >= 11 is 6.90. The Balaban J connectivity index is 1.34. The number of benzene rings is 4. The van der Waals surface area contributed by atoms with E-state index in [0.717, 1.165) is 42.3 Å². The van der Waals surface area contributed by atoms with E-state index in [1.165, 1.54) is 12.2 Å². The number of ether oxygens (including phenoxy) is 2. The van der Waals surface area contributed by atoms with Crippen LogP contribution >= 0.6 is 31.9 Å². The smallest absolute Gasteiger partial charge is 0.317 e. The van der Waals surface area contributed by atoms with Crippen molar-refractivity contribution in [3.63, 3.8) is 0 Å². The van der Waals surface area contributed by atoms with Crippen molar-refractivity contribution in [2.75, 3.05) is 13.2 Å². The fourth-order valence-electron chi connectivity index (χ4n) is 7.34. The molecule has 4 atom stereocenters. The molecule has 2 N–H and O–H groups in total. The molecular formula is C43H38Br2O8. The lowest BCUT2D eigenvalue weighted by Crippen LogP contribution is -2.34. The van der Waals surface area contributed by atoms with Crippen LogP contribution in [0.25, 0.3) is 11.1 Å². The normalized spacial score (nSPS) is 20.0. The van der Waals surface area contributed by atoms with Gasteiger partial charge in [0.1, 0.15) is 23.3 Å². The lowest BCUT2D eigenvalue weighted by Gasteiger charge is -2.30. The Morgan fingerprint density at radius 1 is 0.623 bits per heavy atom. The summed E-state index contributed by atoms with van der Waals surface area (Å²) in [5.41, 5.74) is 5.61. The van der Waals surface area contributed by atoms with E-state index in [2.05, 4.69) is 31.9 Å². The number of hydrogen-bond donors (Lipinski definition) is 2. The molecule has 0 heterocycles. The van der Waals surface area contributed by atoms with Gasteiger partial charge in [0.05, 0.1) is 13.2 Å². The topological polar surface area (TPSA) is 127 Å². The number of carbonyl (C=O) groups excluding carboxylic acids is 4. The van der Waals surface area contributed by atoms with Crippen LogP contribution in [0, 0.1) is 11.8 Å². The van der Waals surface area contributed by atoms with Crippen molar-refractivity contribution in [1.29, 1.82) is 0 Å². The molecule has 4 aromatic carbocycles. The highest BCUT2D eigenvalue weighted by Gasteiger charge is 2.42. The molecule has 6 rings (SSSR count). The minimum atomic E-state index is -1.13. The van der Waals surface area contributed by atoms with Crippen LogP contribution in [0.4, 0.5) is 0 Å². The van der Waals surface area contributed by atoms with Crippen LogP contribution in [0.3, 0.4) is 0 Å². The van der Waals surface area contributed by atoms with Crippen LogP contribution in [-0.2, 0) is 35.1 Å². The fourth-order valence-corrected chi connectivity index (χ4v) is 7.87. The van der Waals surface area contributed by atoms with Crippen molar-refractivity contribution >= 4 is 66.5 Å². The third kappa shape index (κ3) is 8.39. The number of carbonyl (C=O) groups is 4. The van der Waals surface area contributed by atoms with E-state index >= 15 is 0 Å². The SMILES string of the molecule is CCOC(=O)C1C(=O)C=C(c2ccc(Br)cc2)CC1c1cc(Cc2ccc(O)c(C3CC(c4ccc(Br)cc4)=CC(=O)C3C(=O)OCC)c2)ccc1O. The first-order chi connectivity index (χ1) is 25.5. The van der Waals surface area contributed by atoms with Gasteiger partial charge in [-0.3, -0.25) is 19.2 Å². The second kappa shape index (κ2) is 16.5. The minimum absolute atomic E-state index is 0.0467. The fraction of sp³-hybridized carbons (Fsp3) is 0.256. The molecule has 0 bridgehead atoms. The summed E-state index contributed by atoms with van der Waals surface area (Å²) < 4.78 is 12.4. The molecule has 2 aliphatic rings. The van der Waals surface area contributed by atoms with Gasteiger partial charge >= 0.3 is 11.9 Å². The van der Waals surface area contributed by atoms with Crippen molar-refractivity contribution in [3.05, 3.63) is 139 Å². The highest BCUT2D eigenvalue weighted by Crippen LogP contribution is 2.46. The van der Waals surface area contributed by atoms with Gasteiger partial charge in [-0.05, 0) is 126 Å². The minimum Gasteiger partial charge on any atom is -0.508 e. The van der Waals surface area contributed by atoms with Crippen LogP contribution in [0.5, 0.6) is 11.5 Å². The molecule has 0 saturated carbocycles. The zero-order valence-corrected chi connectivity index (χ0v) is 32.4. The van der Waals surface area contributed by atoms with Gasteiger partial charge in [-0.2, -0.15) is 0 Å². The van der Waals surface area contributed by atoms with Crippen molar-refractivity contribution < 1.29 is 38.9 Å². The Labute approximate surface area is 324 Å². The van der Waals surface area contributed by atoms with E-state index in [-0.39, 0.29) is 36.3 Å². The van der Waals surface area contributed by atoms with Gasteiger partial charge in [0.15, 0.2) is 11.6 Å². The van der Waals surface area contributed by atoms with E-state index in [0.29, 0.717) is 30.4 Å². The van der Waals surface area contributed by atoms with Gasteiger partial charge in [0.25, 0.3) is 0 Å². The molecule has 0 saturated heterocycles. The lowest BCUT2D eigenvalue weighted by atomic mass is 9.72. The Bertz CT molecular complexity index is 1970. The molecule has 272 valence electrons. The molecule has 0 aliphatic heterocycles. The van der Waals surface area contributed by atoms with Gasteiger partial charge < -0.3 is 19.7 Å². The average molecular weight is 843 g/mol. The number of aromatic hydroxyl groups is 2. The Morgan fingerprint density at radius 2 is 1.00 bits per heavy atom. The van der Waals surface area contributed by atoms with Crippen LogP contribution < -0.4 is 0 Å². The number of hydrogen-bond acceptors (Lipinski definition) is 8. The zero-order chi connectivity index (χ0) is 37.8. The number of phenolic OH excluding ortho intramolecular Hbond substituents is 2. The number of ketones is 2. The maximum Gasteiger partial charge on any atom is 0.317 e. The van der Waals surface area contributed by atoms with Gasteiger partial charge in [0.2, 0.25) is 0 Å². The molecule has 4 aromatic rings. The first-order valence-corrected chi connectivity index (χ1v) is 19.0. The maximum atomic E-state index is 13.6. The highest BCUT2D eigenvalue weighted by molar-refractivity contribution is 9.10. The van der Waals surface area contributed by atoms with E-state index < -0.39 is 35.6 Å².